The van der Waals surface area contributed by atoms with Crippen LogP contribution in [0.5, 0.6) is 5.75 Å². The fourth-order valence-corrected chi connectivity index (χ4v) is 2.76. The minimum Gasteiger partial charge on any atom is -0.496 e. The lowest BCUT2D eigenvalue weighted by Gasteiger charge is -2.10. The second-order valence-electron chi connectivity index (χ2n) is 3.99. The number of carbonyl (C=O) groups excluding carboxylic acids is 1. The molecule has 0 saturated heterocycles. The standard InChI is InChI=1S/C14H13NO4S/c1-19-14-9-12(8-7-11(14)10-16)15-20(17,18)13-5-3-2-4-6-13/h2-10,15H,1H3. The van der Waals surface area contributed by atoms with Gasteiger partial charge in [0.05, 0.1) is 23.3 Å². The van der Waals surface area contributed by atoms with Gasteiger partial charge in [0.1, 0.15) is 5.75 Å². The molecule has 2 rings (SSSR count). The highest BCUT2D eigenvalue weighted by molar-refractivity contribution is 7.92. The summed E-state index contributed by atoms with van der Waals surface area (Å²) in [6, 6.07) is 12.5. The minimum absolute atomic E-state index is 0.165. The second kappa shape index (κ2) is 5.75. The molecule has 0 aliphatic heterocycles. The molecule has 0 fully saturated rings. The van der Waals surface area contributed by atoms with E-state index in [9.17, 15) is 13.2 Å². The van der Waals surface area contributed by atoms with Crippen molar-refractivity contribution in [3.63, 3.8) is 0 Å². The minimum atomic E-state index is -3.65. The number of rotatable bonds is 5. The highest BCUT2D eigenvalue weighted by atomic mass is 32.2. The smallest absolute Gasteiger partial charge is 0.261 e. The van der Waals surface area contributed by atoms with E-state index in [1.807, 2.05) is 0 Å². The average molecular weight is 291 g/mol. The maximum Gasteiger partial charge on any atom is 0.261 e. The van der Waals surface area contributed by atoms with Crippen molar-refractivity contribution in [2.45, 2.75) is 4.90 Å². The SMILES string of the molecule is COc1cc(NS(=O)(=O)c2ccccc2)ccc1C=O. The third-order valence-corrected chi connectivity index (χ3v) is 4.06. The predicted octanol–water partition coefficient (Wildman–Crippen LogP) is 2.31. The van der Waals surface area contributed by atoms with Crippen molar-refractivity contribution >= 4 is 22.0 Å². The van der Waals surface area contributed by atoms with Crippen LogP contribution in [0.2, 0.25) is 0 Å². The van der Waals surface area contributed by atoms with E-state index in [0.717, 1.165) is 0 Å². The number of carbonyl (C=O) groups is 1. The zero-order valence-corrected chi connectivity index (χ0v) is 11.6. The van der Waals surface area contributed by atoms with Crippen LogP contribution in [-0.2, 0) is 10.0 Å². The molecule has 0 radical (unpaired) electrons. The van der Waals surface area contributed by atoms with Crippen LogP contribution in [0, 0.1) is 0 Å². The van der Waals surface area contributed by atoms with E-state index in [1.54, 1.807) is 18.2 Å². The lowest BCUT2D eigenvalue weighted by Crippen LogP contribution is -2.12. The van der Waals surface area contributed by atoms with Crippen LogP contribution in [0.1, 0.15) is 10.4 Å². The van der Waals surface area contributed by atoms with Crippen molar-refractivity contribution in [3.8, 4) is 5.75 Å². The first-order valence-electron chi connectivity index (χ1n) is 5.78. The maximum atomic E-state index is 12.1. The molecular weight excluding hydrogens is 278 g/mol. The predicted molar refractivity (Wildman–Crippen MR) is 75.6 cm³/mol. The summed E-state index contributed by atoms with van der Waals surface area (Å²) in [7, 11) is -2.24. The van der Waals surface area contributed by atoms with Crippen molar-refractivity contribution in [2.24, 2.45) is 0 Å². The summed E-state index contributed by atoms with van der Waals surface area (Å²) in [5.41, 5.74) is 0.687. The third kappa shape index (κ3) is 2.97. The van der Waals surface area contributed by atoms with Gasteiger partial charge in [-0.25, -0.2) is 8.42 Å². The number of aldehydes is 1. The van der Waals surface area contributed by atoms with Gasteiger partial charge in [-0.05, 0) is 24.3 Å². The molecule has 0 unspecified atom stereocenters. The molecule has 0 heterocycles. The second-order valence-corrected chi connectivity index (χ2v) is 5.68. The van der Waals surface area contributed by atoms with Crippen LogP contribution < -0.4 is 9.46 Å². The molecule has 2 aromatic rings. The van der Waals surface area contributed by atoms with Gasteiger partial charge in [0.15, 0.2) is 6.29 Å². The van der Waals surface area contributed by atoms with E-state index in [4.69, 9.17) is 4.74 Å². The fraction of sp³-hybridized carbons (Fsp3) is 0.0714. The Bertz CT molecular complexity index is 711. The topological polar surface area (TPSA) is 72.5 Å². The van der Waals surface area contributed by atoms with Crippen LogP contribution >= 0.6 is 0 Å². The Kier molecular flexibility index (Phi) is 4.05. The highest BCUT2D eigenvalue weighted by Crippen LogP contribution is 2.23. The molecule has 2 aromatic carbocycles. The number of hydrogen-bond acceptors (Lipinski definition) is 4. The first-order valence-corrected chi connectivity index (χ1v) is 7.26. The number of sulfonamides is 1. The molecule has 104 valence electrons. The average Bonchev–Trinajstić information content (AvgIpc) is 2.47. The van der Waals surface area contributed by atoms with Gasteiger partial charge in [-0.2, -0.15) is 0 Å². The lowest BCUT2D eigenvalue weighted by atomic mass is 10.2. The van der Waals surface area contributed by atoms with E-state index in [1.165, 1.54) is 37.4 Å². The van der Waals surface area contributed by atoms with Gasteiger partial charge in [0, 0.05) is 6.07 Å². The summed E-state index contributed by atoms with van der Waals surface area (Å²) in [5.74, 6) is 0.313. The summed E-state index contributed by atoms with van der Waals surface area (Å²) in [4.78, 5) is 11.0. The third-order valence-electron chi connectivity index (χ3n) is 2.67. The summed E-state index contributed by atoms with van der Waals surface area (Å²) < 4.78 is 31.7. The van der Waals surface area contributed by atoms with Gasteiger partial charge in [0.25, 0.3) is 10.0 Å². The van der Waals surface area contributed by atoms with Gasteiger partial charge in [-0.15, -0.1) is 0 Å². The number of ether oxygens (including phenoxy) is 1. The van der Waals surface area contributed by atoms with E-state index in [0.29, 0.717) is 23.3 Å². The largest absolute Gasteiger partial charge is 0.496 e. The van der Waals surface area contributed by atoms with Gasteiger partial charge in [-0.3, -0.25) is 9.52 Å². The zero-order valence-electron chi connectivity index (χ0n) is 10.7. The van der Waals surface area contributed by atoms with Gasteiger partial charge >= 0.3 is 0 Å². The van der Waals surface area contributed by atoms with E-state index >= 15 is 0 Å². The summed E-state index contributed by atoms with van der Waals surface area (Å²) >= 11 is 0. The molecule has 0 aliphatic carbocycles. The van der Waals surface area contributed by atoms with Gasteiger partial charge < -0.3 is 4.74 Å². The Morgan fingerprint density at radius 3 is 2.40 bits per heavy atom. The van der Waals surface area contributed by atoms with E-state index < -0.39 is 10.0 Å². The van der Waals surface area contributed by atoms with Crippen LogP contribution in [0.25, 0.3) is 0 Å². The molecule has 1 N–H and O–H groups in total. The molecule has 0 aliphatic rings. The Labute approximate surface area is 117 Å². The quantitative estimate of drug-likeness (QED) is 0.858. The van der Waals surface area contributed by atoms with Crippen molar-refractivity contribution in [3.05, 3.63) is 54.1 Å². The molecule has 0 saturated carbocycles. The van der Waals surface area contributed by atoms with Gasteiger partial charge in [-0.1, -0.05) is 18.2 Å². The monoisotopic (exact) mass is 291 g/mol. The van der Waals surface area contributed by atoms with E-state index in [2.05, 4.69) is 4.72 Å². The number of anilines is 1. The summed E-state index contributed by atoms with van der Waals surface area (Å²) in [6.45, 7) is 0. The first kappa shape index (κ1) is 14.1. The Morgan fingerprint density at radius 1 is 1.10 bits per heavy atom. The lowest BCUT2D eigenvalue weighted by molar-refractivity contribution is 0.112. The molecule has 0 aromatic heterocycles. The maximum absolute atomic E-state index is 12.1. The zero-order chi connectivity index (χ0) is 14.6. The van der Waals surface area contributed by atoms with Crippen molar-refractivity contribution in [1.82, 2.24) is 0 Å². The van der Waals surface area contributed by atoms with Crippen molar-refractivity contribution in [1.29, 1.82) is 0 Å². The number of methoxy groups -OCH3 is 1. The summed E-state index contributed by atoms with van der Waals surface area (Å²) in [6.07, 6.45) is 0.647. The van der Waals surface area contributed by atoms with Crippen LogP contribution in [0.4, 0.5) is 5.69 Å². The van der Waals surface area contributed by atoms with E-state index in [-0.39, 0.29) is 4.90 Å². The molecule has 20 heavy (non-hydrogen) atoms. The first-order chi connectivity index (χ1) is 9.56. The highest BCUT2D eigenvalue weighted by Gasteiger charge is 2.14. The molecule has 0 bridgehead atoms. The van der Waals surface area contributed by atoms with Crippen molar-refractivity contribution < 1.29 is 17.9 Å². The number of benzene rings is 2. The molecule has 0 amide bonds. The number of hydrogen-bond donors (Lipinski definition) is 1. The summed E-state index contributed by atoms with van der Waals surface area (Å²) in [5, 5.41) is 0. The van der Waals surface area contributed by atoms with Gasteiger partial charge in [0.2, 0.25) is 0 Å². The van der Waals surface area contributed by atoms with Crippen LogP contribution in [0.15, 0.2) is 53.4 Å². The molecule has 5 nitrogen and oxygen atoms in total. The Morgan fingerprint density at radius 2 is 1.80 bits per heavy atom. The number of nitrogens with one attached hydrogen (secondary N) is 1. The van der Waals surface area contributed by atoms with Crippen LogP contribution in [-0.4, -0.2) is 21.8 Å². The molecule has 6 heteroatoms. The molecule has 0 spiro atoms. The Balaban J connectivity index is 2.33. The molecule has 0 atom stereocenters. The Hall–Kier alpha value is -2.34. The normalized spacial score (nSPS) is 10.8. The van der Waals surface area contributed by atoms with Crippen molar-refractivity contribution in [2.75, 3.05) is 11.8 Å². The molecular formula is C14H13NO4S. The van der Waals surface area contributed by atoms with Crippen LogP contribution in [0.3, 0.4) is 0 Å². The fourth-order valence-electron chi connectivity index (χ4n) is 1.69.